The van der Waals surface area contributed by atoms with Crippen molar-refractivity contribution in [3.8, 4) is 10.4 Å². The molecule has 0 bridgehead atoms. The zero-order valence-corrected chi connectivity index (χ0v) is 20.2. The minimum atomic E-state index is 0.0611. The van der Waals surface area contributed by atoms with Crippen molar-refractivity contribution in [1.82, 2.24) is 19.6 Å². The lowest BCUT2D eigenvalue weighted by molar-refractivity contribution is 0.122. The van der Waals surface area contributed by atoms with E-state index in [1.807, 2.05) is 0 Å². The lowest BCUT2D eigenvalue weighted by atomic mass is 9.62. The monoisotopic (exact) mass is 475 g/mol. The van der Waals surface area contributed by atoms with E-state index in [1.165, 1.54) is 5.69 Å². The number of hydrogen-bond donors (Lipinski definition) is 0. The Kier molecular flexibility index (Phi) is 5.74. The number of anilines is 1. The average Bonchev–Trinajstić information content (AvgIpc) is 3.26. The van der Waals surface area contributed by atoms with Crippen LogP contribution in [0, 0.1) is 13.8 Å². The van der Waals surface area contributed by atoms with E-state index >= 15 is 0 Å². The summed E-state index contributed by atoms with van der Waals surface area (Å²) in [5.74, 6) is 0. The molecular weight excluding hydrogens is 449 g/mol. The molecule has 6 nitrogen and oxygen atoms in total. The molecule has 0 N–H and O–H groups in total. The molecule has 1 aliphatic rings. The maximum Gasteiger partial charge on any atom is 0.187 e. The third kappa shape index (κ3) is 3.61. The number of morpholine rings is 1. The smallest absolute Gasteiger partial charge is 0.187 e. The number of halogens is 1. The van der Waals surface area contributed by atoms with Crippen molar-refractivity contribution in [2.24, 2.45) is 0 Å². The Morgan fingerprint density at radius 1 is 1.21 bits per heavy atom. The van der Waals surface area contributed by atoms with Gasteiger partial charge in [0.25, 0.3) is 0 Å². The quantitative estimate of drug-likeness (QED) is 0.526. The maximum absolute atomic E-state index is 5.49. The first-order valence-electron chi connectivity index (χ1n) is 10.2. The topological polar surface area (TPSA) is 55.5 Å². The van der Waals surface area contributed by atoms with Gasteiger partial charge < -0.3 is 9.64 Å². The molecule has 0 unspecified atom stereocenters. The van der Waals surface area contributed by atoms with Gasteiger partial charge in [-0.05, 0) is 41.2 Å². The molecule has 29 heavy (non-hydrogen) atoms. The maximum atomic E-state index is 5.49. The van der Waals surface area contributed by atoms with Crippen molar-refractivity contribution in [2.75, 3.05) is 31.2 Å². The first kappa shape index (κ1) is 20.8. The molecule has 0 amide bonds. The standard InChI is InChI=1S/C20H27BBrN5OS/c1-5-20(21,6-2)14-11-12(3)23-18-15(13(4)25-27(14)18)16-17(22)24-19(29-16)26-7-9-28-10-8-26/h11H,5-10,21H2,1-4H3. The van der Waals surface area contributed by atoms with Gasteiger partial charge in [0.1, 0.15) is 12.4 Å². The van der Waals surface area contributed by atoms with Crippen LogP contribution in [-0.2, 0) is 10.1 Å². The molecule has 4 rings (SSSR count). The Morgan fingerprint density at radius 3 is 2.55 bits per heavy atom. The van der Waals surface area contributed by atoms with Crippen LogP contribution in [0.2, 0.25) is 0 Å². The number of aryl methyl sites for hydroxylation is 2. The number of aromatic nitrogens is 4. The summed E-state index contributed by atoms with van der Waals surface area (Å²) in [5, 5.41) is 6.02. The highest BCUT2D eigenvalue weighted by molar-refractivity contribution is 9.10. The number of rotatable bonds is 5. The number of nitrogens with zero attached hydrogens (tertiary/aromatic N) is 5. The highest BCUT2D eigenvalue weighted by atomic mass is 79.9. The summed E-state index contributed by atoms with van der Waals surface area (Å²) in [6, 6.07) is 2.19. The predicted molar refractivity (Wildman–Crippen MR) is 125 cm³/mol. The fourth-order valence-corrected chi connectivity index (χ4v) is 5.72. The Hall–Kier alpha value is -1.45. The Labute approximate surface area is 185 Å². The van der Waals surface area contributed by atoms with Gasteiger partial charge in [-0.3, -0.25) is 0 Å². The minimum Gasteiger partial charge on any atom is -0.378 e. The van der Waals surface area contributed by atoms with Gasteiger partial charge in [-0.1, -0.05) is 38.0 Å². The minimum absolute atomic E-state index is 0.0611. The van der Waals surface area contributed by atoms with Gasteiger partial charge in [0.2, 0.25) is 0 Å². The van der Waals surface area contributed by atoms with E-state index in [0.29, 0.717) is 0 Å². The van der Waals surface area contributed by atoms with Gasteiger partial charge in [0.05, 0.1) is 29.3 Å². The molecule has 0 spiro atoms. The normalized spacial score (nSPS) is 15.4. The molecule has 4 heterocycles. The molecule has 0 atom stereocenters. The zero-order valence-electron chi connectivity index (χ0n) is 17.8. The summed E-state index contributed by atoms with van der Waals surface area (Å²) < 4.78 is 8.41. The Balaban J connectivity index is 1.88. The van der Waals surface area contributed by atoms with Crippen LogP contribution in [0.5, 0.6) is 0 Å². The molecule has 0 radical (unpaired) electrons. The van der Waals surface area contributed by atoms with Crippen molar-refractivity contribution in [2.45, 2.75) is 45.9 Å². The van der Waals surface area contributed by atoms with Crippen LogP contribution in [0.3, 0.4) is 0 Å². The molecule has 1 saturated heterocycles. The van der Waals surface area contributed by atoms with Crippen molar-refractivity contribution in [3.05, 3.63) is 27.8 Å². The number of hydrogen-bond acceptors (Lipinski definition) is 6. The fourth-order valence-electron chi connectivity index (χ4n) is 3.89. The molecular formula is C20H27BBrN5OS. The van der Waals surface area contributed by atoms with Crippen LogP contribution < -0.4 is 4.90 Å². The molecule has 1 fully saturated rings. The van der Waals surface area contributed by atoms with Crippen LogP contribution in [0.4, 0.5) is 5.13 Å². The summed E-state index contributed by atoms with van der Waals surface area (Å²) in [6.45, 7) is 11.9. The van der Waals surface area contributed by atoms with E-state index in [9.17, 15) is 0 Å². The van der Waals surface area contributed by atoms with Crippen molar-refractivity contribution in [1.29, 1.82) is 0 Å². The fraction of sp³-hybridized carbons (Fsp3) is 0.550. The van der Waals surface area contributed by atoms with Crippen LogP contribution >= 0.6 is 27.3 Å². The van der Waals surface area contributed by atoms with E-state index in [-0.39, 0.29) is 5.31 Å². The van der Waals surface area contributed by atoms with Crippen LogP contribution in [-0.4, -0.2) is 53.7 Å². The van der Waals surface area contributed by atoms with Crippen LogP contribution in [0.1, 0.15) is 43.8 Å². The van der Waals surface area contributed by atoms with Crippen LogP contribution in [0.25, 0.3) is 16.1 Å². The van der Waals surface area contributed by atoms with Crippen LogP contribution in [0.15, 0.2) is 10.7 Å². The molecule has 0 aliphatic carbocycles. The molecule has 0 aromatic carbocycles. The lowest BCUT2D eigenvalue weighted by Crippen LogP contribution is -2.36. The number of thiazole rings is 1. The average molecular weight is 476 g/mol. The summed E-state index contributed by atoms with van der Waals surface area (Å²) in [5.41, 5.74) is 5.23. The van der Waals surface area contributed by atoms with Gasteiger partial charge in [-0.2, -0.15) is 5.10 Å². The summed E-state index contributed by atoms with van der Waals surface area (Å²) in [6.07, 6.45) is 2.11. The van der Waals surface area contributed by atoms with Crippen molar-refractivity contribution < 1.29 is 4.74 Å². The third-order valence-electron chi connectivity index (χ3n) is 6.15. The molecule has 154 valence electrons. The summed E-state index contributed by atoms with van der Waals surface area (Å²) in [7, 11) is 2.32. The second-order valence-electron chi connectivity index (χ2n) is 7.96. The Morgan fingerprint density at radius 2 is 1.90 bits per heavy atom. The van der Waals surface area contributed by atoms with Gasteiger partial charge in [0.15, 0.2) is 10.8 Å². The third-order valence-corrected chi connectivity index (χ3v) is 8.12. The number of fused-ring (bicyclic) bond motifs is 1. The summed E-state index contributed by atoms with van der Waals surface area (Å²) in [4.78, 5) is 13.1. The van der Waals surface area contributed by atoms with Crippen molar-refractivity contribution in [3.63, 3.8) is 0 Å². The highest BCUT2D eigenvalue weighted by Crippen LogP contribution is 2.42. The van der Waals surface area contributed by atoms with E-state index in [4.69, 9.17) is 19.8 Å². The van der Waals surface area contributed by atoms with E-state index in [1.54, 1.807) is 11.3 Å². The zero-order chi connectivity index (χ0) is 20.8. The molecule has 3 aromatic heterocycles. The highest BCUT2D eigenvalue weighted by Gasteiger charge is 2.29. The van der Waals surface area contributed by atoms with Gasteiger partial charge in [-0.25, -0.2) is 14.5 Å². The second-order valence-corrected chi connectivity index (χ2v) is 9.69. The van der Waals surface area contributed by atoms with E-state index in [2.05, 4.69) is 67.0 Å². The molecule has 0 saturated carbocycles. The van der Waals surface area contributed by atoms with Gasteiger partial charge in [0, 0.05) is 24.5 Å². The Bertz CT molecular complexity index is 1040. The first-order valence-corrected chi connectivity index (χ1v) is 11.9. The SMILES string of the molecule is BC(CC)(CC)c1cc(C)nc2c(-c3sc(N4CCOCC4)nc3Br)c(C)nn12. The molecule has 9 heteroatoms. The van der Waals surface area contributed by atoms with E-state index in [0.717, 1.165) is 76.4 Å². The largest absolute Gasteiger partial charge is 0.378 e. The lowest BCUT2D eigenvalue weighted by Gasteiger charge is -2.28. The van der Waals surface area contributed by atoms with E-state index < -0.39 is 0 Å². The van der Waals surface area contributed by atoms with Gasteiger partial charge in [-0.15, -0.1) is 0 Å². The summed E-state index contributed by atoms with van der Waals surface area (Å²) >= 11 is 5.41. The molecule has 1 aliphatic heterocycles. The second kappa shape index (κ2) is 8.00. The van der Waals surface area contributed by atoms with Gasteiger partial charge >= 0.3 is 0 Å². The van der Waals surface area contributed by atoms with Crippen molar-refractivity contribution >= 4 is 45.9 Å². The predicted octanol–water partition coefficient (Wildman–Crippen LogP) is 3.72. The number of ether oxygens (including phenoxy) is 1. The molecule has 3 aromatic rings. The first-order chi connectivity index (χ1) is 13.9.